The number of halogens is 1. The van der Waals surface area contributed by atoms with Crippen LogP contribution in [0.2, 0.25) is 5.02 Å². The standard InChI is InChI=1S/C17H17ClO4/c1-17(2)6-7-5-8-9-10(11(7)18)16(17)22-13(8)15(21-4)14(20-3)12(9)19/h5,16,19H,6H2,1-4H3. The van der Waals surface area contributed by atoms with Crippen LogP contribution in [0.25, 0.3) is 10.8 Å². The predicted octanol–water partition coefficient (Wildman–Crippen LogP) is 4.23. The molecule has 1 aliphatic carbocycles. The first-order valence-electron chi connectivity index (χ1n) is 7.19. The van der Waals surface area contributed by atoms with Gasteiger partial charge < -0.3 is 19.3 Å². The van der Waals surface area contributed by atoms with Gasteiger partial charge in [0.15, 0.2) is 11.5 Å². The first-order valence-corrected chi connectivity index (χ1v) is 7.57. The van der Waals surface area contributed by atoms with E-state index in [0.29, 0.717) is 21.9 Å². The molecule has 0 aromatic heterocycles. The monoisotopic (exact) mass is 320 g/mol. The lowest BCUT2D eigenvalue weighted by Crippen LogP contribution is -2.35. The van der Waals surface area contributed by atoms with Gasteiger partial charge in [0.05, 0.1) is 19.2 Å². The van der Waals surface area contributed by atoms with Crippen LogP contribution >= 0.6 is 11.6 Å². The van der Waals surface area contributed by atoms with Crippen LogP contribution in [0, 0.1) is 5.41 Å². The molecule has 0 saturated carbocycles. The van der Waals surface area contributed by atoms with Gasteiger partial charge in [0, 0.05) is 21.8 Å². The summed E-state index contributed by atoms with van der Waals surface area (Å²) >= 11 is 6.55. The SMILES string of the molecule is COc1c(OC)c(O)c2c3c(Cl)c4cc2c1OC3C(C)(C)C4. The van der Waals surface area contributed by atoms with E-state index in [1.807, 2.05) is 6.07 Å². The molecule has 2 aliphatic rings. The molecule has 0 amide bonds. The quantitative estimate of drug-likeness (QED) is 0.899. The maximum Gasteiger partial charge on any atom is 0.207 e. The highest BCUT2D eigenvalue weighted by atomic mass is 35.5. The third-order valence-corrected chi connectivity index (χ3v) is 5.19. The smallest absolute Gasteiger partial charge is 0.207 e. The van der Waals surface area contributed by atoms with Gasteiger partial charge in [0.2, 0.25) is 11.5 Å². The number of benzene rings is 2. The van der Waals surface area contributed by atoms with Gasteiger partial charge in [0.25, 0.3) is 0 Å². The van der Waals surface area contributed by atoms with Gasteiger partial charge in [-0.15, -0.1) is 0 Å². The van der Waals surface area contributed by atoms with Gasteiger partial charge in [-0.25, -0.2) is 0 Å². The summed E-state index contributed by atoms with van der Waals surface area (Å²) in [5, 5.41) is 12.9. The fourth-order valence-corrected chi connectivity index (χ4v) is 4.11. The second-order valence-corrected chi connectivity index (χ2v) is 6.97. The van der Waals surface area contributed by atoms with E-state index >= 15 is 0 Å². The Morgan fingerprint density at radius 3 is 2.59 bits per heavy atom. The van der Waals surface area contributed by atoms with Crippen LogP contribution in [-0.4, -0.2) is 19.3 Å². The molecule has 4 rings (SSSR count). The van der Waals surface area contributed by atoms with Crippen molar-refractivity contribution in [3.63, 3.8) is 0 Å². The van der Waals surface area contributed by atoms with Crippen molar-refractivity contribution in [1.29, 1.82) is 0 Å². The van der Waals surface area contributed by atoms with Crippen molar-refractivity contribution in [3.8, 4) is 23.0 Å². The zero-order valence-corrected chi connectivity index (χ0v) is 13.7. The zero-order chi connectivity index (χ0) is 15.8. The van der Waals surface area contributed by atoms with Crippen LogP contribution in [0.15, 0.2) is 6.07 Å². The number of phenolic OH excluding ortho intramolecular Hbond substituents is 1. The zero-order valence-electron chi connectivity index (χ0n) is 12.9. The summed E-state index contributed by atoms with van der Waals surface area (Å²) in [7, 11) is 3.04. The third-order valence-electron chi connectivity index (χ3n) is 4.75. The molecule has 2 aromatic rings. The molecule has 1 heterocycles. The normalized spacial score (nSPS) is 20.3. The lowest BCUT2D eigenvalue weighted by molar-refractivity contribution is 0.0635. The molecule has 5 heteroatoms. The Morgan fingerprint density at radius 1 is 1.27 bits per heavy atom. The minimum Gasteiger partial charge on any atom is -0.504 e. The minimum absolute atomic E-state index is 0.0625. The van der Waals surface area contributed by atoms with Gasteiger partial charge >= 0.3 is 0 Å². The number of methoxy groups -OCH3 is 2. The van der Waals surface area contributed by atoms with Gasteiger partial charge in [-0.05, 0) is 18.1 Å². The average molecular weight is 321 g/mol. The Bertz CT molecular complexity index is 826. The largest absolute Gasteiger partial charge is 0.504 e. The number of rotatable bonds is 2. The number of ether oxygens (including phenoxy) is 3. The molecule has 0 fully saturated rings. The van der Waals surface area contributed by atoms with E-state index in [-0.39, 0.29) is 23.0 Å². The highest BCUT2D eigenvalue weighted by molar-refractivity contribution is 6.34. The molecule has 0 spiro atoms. The third kappa shape index (κ3) is 1.44. The summed E-state index contributed by atoms with van der Waals surface area (Å²) in [6, 6.07) is 2.00. The van der Waals surface area contributed by atoms with Crippen LogP contribution in [-0.2, 0) is 6.42 Å². The van der Waals surface area contributed by atoms with E-state index < -0.39 is 0 Å². The highest BCUT2D eigenvalue weighted by Gasteiger charge is 2.46. The molecule has 2 aromatic carbocycles. The van der Waals surface area contributed by atoms with Crippen molar-refractivity contribution in [3.05, 3.63) is 22.2 Å². The molecule has 0 radical (unpaired) electrons. The fourth-order valence-electron chi connectivity index (χ4n) is 3.80. The number of aromatic hydroxyl groups is 1. The van der Waals surface area contributed by atoms with Crippen LogP contribution in [0.1, 0.15) is 31.1 Å². The van der Waals surface area contributed by atoms with Gasteiger partial charge in [-0.2, -0.15) is 0 Å². The van der Waals surface area contributed by atoms with Crippen molar-refractivity contribution in [2.24, 2.45) is 5.41 Å². The number of hydrogen-bond acceptors (Lipinski definition) is 4. The molecular formula is C17H17ClO4. The summed E-state index contributed by atoms with van der Waals surface area (Å²) in [5.74, 6) is 1.39. The van der Waals surface area contributed by atoms with Crippen LogP contribution in [0.4, 0.5) is 0 Å². The molecule has 1 N–H and O–H groups in total. The lowest BCUT2D eigenvalue weighted by atomic mass is 9.70. The van der Waals surface area contributed by atoms with Gasteiger partial charge in [-0.3, -0.25) is 0 Å². The van der Waals surface area contributed by atoms with E-state index in [0.717, 1.165) is 22.9 Å². The van der Waals surface area contributed by atoms with E-state index in [1.165, 1.54) is 7.11 Å². The second-order valence-electron chi connectivity index (χ2n) is 6.59. The predicted molar refractivity (Wildman–Crippen MR) is 84.6 cm³/mol. The maximum absolute atomic E-state index is 10.7. The van der Waals surface area contributed by atoms with Crippen molar-refractivity contribution in [2.45, 2.75) is 26.4 Å². The summed E-state index contributed by atoms with van der Waals surface area (Å²) < 4.78 is 17.0. The van der Waals surface area contributed by atoms with Crippen LogP contribution in [0.5, 0.6) is 23.0 Å². The molecule has 0 saturated heterocycles. The maximum atomic E-state index is 10.7. The van der Waals surface area contributed by atoms with Gasteiger partial charge in [0.1, 0.15) is 6.10 Å². The first kappa shape index (κ1) is 13.8. The summed E-state index contributed by atoms with van der Waals surface area (Å²) in [5.41, 5.74) is 1.82. The van der Waals surface area contributed by atoms with E-state index in [2.05, 4.69) is 13.8 Å². The summed E-state index contributed by atoms with van der Waals surface area (Å²) in [4.78, 5) is 0. The molecule has 4 nitrogen and oxygen atoms in total. The van der Waals surface area contributed by atoms with Gasteiger partial charge in [-0.1, -0.05) is 25.4 Å². The van der Waals surface area contributed by atoms with Crippen LogP contribution in [0.3, 0.4) is 0 Å². The van der Waals surface area contributed by atoms with Crippen molar-refractivity contribution < 1.29 is 19.3 Å². The van der Waals surface area contributed by atoms with Crippen molar-refractivity contribution >= 4 is 22.4 Å². The van der Waals surface area contributed by atoms with Crippen molar-refractivity contribution in [1.82, 2.24) is 0 Å². The summed E-state index contributed by atoms with van der Waals surface area (Å²) in [6.07, 6.45) is 0.630. The fraction of sp³-hybridized carbons (Fsp3) is 0.412. The Balaban J connectivity index is 2.23. The van der Waals surface area contributed by atoms with Crippen molar-refractivity contribution in [2.75, 3.05) is 14.2 Å². The number of fused-ring (bicyclic) bond motifs is 1. The van der Waals surface area contributed by atoms with E-state index in [4.69, 9.17) is 25.8 Å². The van der Waals surface area contributed by atoms with E-state index in [9.17, 15) is 5.11 Å². The average Bonchev–Trinajstić information content (AvgIpc) is 2.45. The molecule has 5 bridgehead atoms. The first-order chi connectivity index (χ1) is 10.4. The minimum atomic E-state index is -0.211. The molecule has 1 unspecified atom stereocenters. The van der Waals surface area contributed by atoms with Crippen LogP contribution < -0.4 is 14.2 Å². The highest BCUT2D eigenvalue weighted by Crippen LogP contribution is 2.62. The Labute approximate surface area is 133 Å². The number of phenols is 1. The Hall–Kier alpha value is -1.81. The van der Waals surface area contributed by atoms with E-state index in [1.54, 1.807) is 7.11 Å². The molecular weight excluding hydrogens is 304 g/mol. The Kier molecular flexibility index (Phi) is 2.60. The molecule has 22 heavy (non-hydrogen) atoms. The molecule has 1 atom stereocenters. The summed E-state index contributed by atoms with van der Waals surface area (Å²) in [6.45, 7) is 4.29. The molecule has 1 aliphatic heterocycles. The topological polar surface area (TPSA) is 47.9 Å². The lowest BCUT2D eigenvalue weighted by Gasteiger charge is -2.44. The molecule has 116 valence electrons. The number of hydrogen-bond donors (Lipinski definition) is 1. The second kappa shape index (κ2) is 4.13. The Morgan fingerprint density at radius 2 is 1.95 bits per heavy atom.